The first-order chi connectivity index (χ1) is 15.6. The number of carbonyl (C=O) groups excluding carboxylic acids is 1. The van der Waals surface area contributed by atoms with E-state index in [1.54, 1.807) is 12.5 Å². The van der Waals surface area contributed by atoms with E-state index in [0.717, 1.165) is 51.0 Å². The Labute approximate surface area is 202 Å². The molecule has 3 heterocycles. The molecular formula is C24H20Br2N2O4. The lowest BCUT2D eigenvalue weighted by molar-refractivity contribution is -0.136. The highest BCUT2D eigenvalue weighted by Crippen LogP contribution is 2.44. The number of hydrogen-bond acceptors (Lipinski definition) is 5. The number of hydrogen-bond donors (Lipinski definition) is 0. The van der Waals surface area contributed by atoms with Crippen LogP contribution in [0.3, 0.4) is 0 Å². The third-order valence-electron chi connectivity index (χ3n) is 5.70. The molecule has 0 spiro atoms. The highest BCUT2D eigenvalue weighted by Gasteiger charge is 2.45. The van der Waals surface area contributed by atoms with Crippen LogP contribution in [0.15, 0.2) is 83.4 Å². The van der Waals surface area contributed by atoms with Crippen molar-refractivity contribution in [3.63, 3.8) is 0 Å². The van der Waals surface area contributed by atoms with E-state index in [2.05, 4.69) is 31.9 Å². The van der Waals surface area contributed by atoms with Gasteiger partial charge in [-0.05, 0) is 89.3 Å². The number of benzene rings is 1. The standard InChI is InChI=1S/C24H20Br2N2O4/c25-16-8-9-20(19(26)13-16)32-14-22(29)28-24(21-7-3-11-31-21)18-6-1-4-15(23(18)27-28)12-17-5-2-10-30-17/h2-3,5,7-13,18,24H,1,4,6,14H2/b15-12-/t18-,24+/m1/s1. The molecule has 1 fully saturated rings. The second-order valence-electron chi connectivity index (χ2n) is 7.73. The Hall–Kier alpha value is -2.58. The van der Waals surface area contributed by atoms with E-state index in [1.807, 2.05) is 48.5 Å². The van der Waals surface area contributed by atoms with Gasteiger partial charge in [0.15, 0.2) is 6.61 Å². The molecular weight excluding hydrogens is 540 g/mol. The van der Waals surface area contributed by atoms with E-state index < -0.39 is 0 Å². The van der Waals surface area contributed by atoms with Crippen molar-refractivity contribution in [3.05, 3.63) is 81.0 Å². The lowest BCUT2D eigenvalue weighted by Gasteiger charge is -2.27. The Morgan fingerprint density at radius 3 is 2.78 bits per heavy atom. The maximum atomic E-state index is 13.3. The lowest BCUT2D eigenvalue weighted by Crippen LogP contribution is -2.34. The molecule has 3 aromatic rings. The van der Waals surface area contributed by atoms with Gasteiger partial charge in [0.05, 0.1) is 22.7 Å². The van der Waals surface area contributed by atoms with Crippen molar-refractivity contribution >= 4 is 49.6 Å². The topological polar surface area (TPSA) is 68.2 Å². The molecule has 0 saturated heterocycles. The van der Waals surface area contributed by atoms with Crippen molar-refractivity contribution in [1.29, 1.82) is 0 Å². The van der Waals surface area contributed by atoms with Gasteiger partial charge in [-0.25, -0.2) is 5.01 Å². The Balaban J connectivity index is 1.43. The molecule has 0 N–H and O–H groups in total. The molecule has 1 aliphatic heterocycles. The molecule has 164 valence electrons. The summed E-state index contributed by atoms with van der Waals surface area (Å²) in [6, 6.07) is 12.8. The molecule has 1 amide bonds. The average Bonchev–Trinajstić information content (AvgIpc) is 3.53. The van der Waals surface area contributed by atoms with Crippen molar-refractivity contribution < 1.29 is 18.4 Å². The largest absolute Gasteiger partial charge is 0.483 e. The molecule has 0 bridgehead atoms. The van der Waals surface area contributed by atoms with E-state index in [0.29, 0.717) is 5.75 Å². The van der Waals surface area contributed by atoms with Gasteiger partial charge in [0.2, 0.25) is 0 Å². The molecule has 0 radical (unpaired) electrons. The molecule has 2 aliphatic rings. The fourth-order valence-electron chi connectivity index (χ4n) is 4.29. The van der Waals surface area contributed by atoms with Crippen LogP contribution in [0.25, 0.3) is 6.08 Å². The molecule has 5 rings (SSSR count). The van der Waals surface area contributed by atoms with Gasteiger partial charge in [-0.1, -0.05) is 15.9 Å². The van der Waals surface area contributed by atoms with Crippen LogP contribution in [-0.4, -0.2) is 23.2 Å². The Kier molecular flexibility index (Phi) is 6.06. The number of carbonyl (C=O) groups is 1. The smallest absolute Gasteiger partial charge is 0.281 e. The van der Waals surface area contributed by atoms with E-state index in [1.165, 1.54) is 5.01 Å². The predicted molar refractivity (Wildman–Crippen MR) is 127 cm³/mol. The minimum Gasteiger partial charge on any atom is -0.483 e. The maximum absolute atomic E-state index is 13.3. The predicted octanol–water partition coefficient (Wildman–Crippen LogP) is 6.60. The summed E-state index contributed by atoms with van der Waals surface area (Å²) in [7, 11) is 0. The number of ether oxygens (including phenoxy) is 1. The van der Waals surface area contributed by atoms with Crippen molar-refractivity contribution in [3.8, 4) is 5.75 Å². The van der Waals surface area contributed by atoms with Crippen molar-refractivity contribution in [1.82, 2.24) is 5.01 Å². The number of fused-ring (bicyclic) bond motifs is 1. The minimum atomic E-state index is -0.287. The molecule has 32 heavy (non-hydrogen) atoms. The number of halogens is 2. The molecule has 8 heteroatoms. The highest BCUT2D eigenvalue weighted by atomic mass is 79.9. The molecule has 2 aromatic heterocycles. The van der Waals surface area contributed by atoms with E-state index in [4.69, 9.17) is 18.7 Å². The normalized spacial score (nSPS) is 21.5. The summed E-state index contributed by atoms with van der Waals surface area (Å²) >= 11 is 6.89. The SMILES string of the molecule is O=C(COc1ccc(Br)cc1Br)N1N=C2/C(=C\c3ccco3)CCC[C@H]2[C@H]1c1ccco1. The number of amides is 1. The monoisotopic (exact) mass is 558 g/mol. The molecule has 1 saturated carbocycles. The zero-order valence-corrected chi connectivity index (χ0v) is 20.2. The van der Waals surface area contributed by atoms with Gasteiger partial charge >= 0.3 is 0 Å². The summed E-state index contributed by atoms with van der Waals surface area (Å²) in [5, 5.41) is 6.32. The van der Waals surface area contributed by atoms with Gasteiger partial charge in [0.1, 0.15) is 23.3 Å². The zero-order valence-electron chi connectivity index (χ0n) is 17.0. The summed E-state index contributed by atoms with van der Waals surface area (Å²) in [6.45, 7) is -0.127. The van der Waals surface area contributed by atoms with E-state index in [-0.39, 0.29) is 24.5 Å². The van der Waals surface area contributed by atoms with Crippen LogP contribution in [0.4, 0.5) is 0 Å². The molecule has 1 aliphatic carbocycles. The number of hydrazone groups is 1. The molecule has 0 unspecified atom stereocenters. The first kappa shape index (κ1) is 21.3. The minimum absolute atomic E-state index is 0.0690. The van der Waals surface area contributed by atoms with Crippen molar-refractivity contribution in [2.45, 2.75) is 25.3 Å². The Bertz CT molecular complexity index is 1170. The third kappa shape index (κ3) is 4.21. The first-order valence-corrected chi connectivity index (χ1v) is 11.9. The van der Waals surface area contributed by atoms with Crippen LogP contribution in [-0.2, 0) is 4.79 Å². The van der Waals surface area contributed by atoms with Crippen molar-refractivity contribution in [2.75, 3.05) is 6.61 Å². The van der Waals surface area contributed by atoms with Gasteiger partial charge < -0.3 is 13.6 Å². The molecule has 6 nitrogen and oxygen atoms in total. The van der Waals surface area contributed by atoms with Crippen LogP contribution >= 0.6 is 31.9 Å². The summed E-state index contributed by atoms with van der Waals surface area (Å²) < 4.78 is 18.7. The van der Waals surface area contributed by atoms with Crippen LogP contribution in [0.1, 0.15) is 36.8 Å². The van der Waals surface area contributed by atoms with Crippen molar-refractivity contribution in [2.24, 2.45) is 11.0 Å². The second kappa shape index (κ2) is 9.11. The van der Waals surface area contributed by atoms with E-state index >= 15 is 0 Å². The summed E-state index contributed by atoms with van der Waals surface area (Å²) in [5.41, 5.74) is 2.02. The average molecular weight is 560 g/mol. The van der Waals surface area contributed by atoms with Gasteiger partial charge in [-0.3, -0.25) is 4.79 Å². The van der Waals surface area contributed by atoms with Crippen LogP contribution in [0.2, 0.25) is 0 Å². The molecule has 2 atom stereocenters. The van der Waals surface area contributed by atoms with Crippen LogP contribution < -0.4 is 4.74 Å². The van der Waals surface area contributed by atoms with Gasteiger partial charge in [-0.2, -0.15) is 5.10 Å². The third-order valence-corrected chi connectivity index (χ3v) is 6.81. The summed E-state index contributed by atoms with van der Waals surface area (Å²) in [6.07, 6.45) is 8.15. The fraction of sp³-hybridized carbons (Fsp3) is 0.250. The lowest BCUT2D eigenvalue weighted by atomic mass is 9.79. The Morgan fingerprint density at radius 2 is 2.03 bits per heavy atom. The van der Waals surface area contributed by atoms with Gasteiger partial charge in [0.25, 0.3) is 5.91 Å². The second-order valence-corrected chi connectivity index (χ2v) is 9.50. The number of nitrogens with zero attached hydrogens (tertiary/aromatic N) is 2. The maximum Gasteiger partial charge on any atom is 0.281 e. The summed E-state index contributed by atoms with van der Waals surface area (Å²) in [5.74, 6) is 1.95. The van der Waals surface area contributed by atoms with Gasteiger partial charge in [-0.15, -0.1) is 0 Å². The highest BCUT2D eigenvalue weighted by molar-refractivity contribution is 9.11. The summed E-state index contributed by atoms with van der Waals surface area (Å²) in [4.78, 5) is 13.3. The number of allylic oxidation sites excluding steroid dienone is 1. The number of rotatable bonds is 5. The van der Waals surface area contributed by atoms with Gasteiger partial charge in [0, 0.05) is 10.4 Å². The number of furan rings is 2. The Morgan fingerprint density at radius 1 is 1.19 bits per heavy atom. The van der Waals surface area contributed by atoms with E-state index in [9.17, 15) is 4.79 Å². The quantitative estimate of drug-likeness (QED) is 0.353. The van der Waals surface area contributed by atoms with Crippen LogP contribution in [0.5, 0.6) is 5.75 Å². The zero-order chi connectivity index (χ0) is 22.1. The molecule has 1 aromatic carbocycles. The fourth-order valence-corrected chi connectivity index (χ4v) is 5.45. The first-order valence-electron chi connectivity index (χ1n) is 10.4. The van der Waals surface area contributed by atoms with Crippen LogP contribution in [0, 0.1) is 5.92 Å².